The van der Waals surface area contributed by atoms with Gasteiger partial charge in [0.25, 0.3) is 0 Å². The maximum atomic E-state index is 2.35. The van der Waals surface area contributed by atoms with Crippen molar-refractivity contribution in [2.24, 2.45) is 7.05 Å². The van der Waals surface area contributed by atoms with E-state index in [0.717, 1.165) is 0 Å². The first-order chi connectivity index (χ1) is 12.2. The fraction of sp³-hybridized carbons (Fsp3) is 0.320. The van der Waals surface area contributed by atoms with Crippen molar-refractivity contribution in [3.05, 3.63) is 77.0 Å². The van der Waals surface area contributed by atoms with Gasteiger partial charge in [-0.15, -0.1) is 0 Å². The summed E-state index contributed by atoms with van der Waals surface area (Å²) in [6.45, 7) is 13.5. The monoisotopic (exact) mass is 344 g/mol. The van der Waals surface area contributed by atoms with Crippen molar-refractivity contribution in [3.8, 4) is 22.4 Å². The third-order valence-corrected chi connectivity index (χ3v) is 5.22. The Kier molecular flexibility index (Phi) is 4.75. The molecule has 0 amide bonds. The van der Waals surface area contributed by atoms with Crippen LogP contribution in [0.15, 0.2) is 54.7 Å². The molecule has 0 bridgehead atoms. The predicted molar refractivity (Wildman–Crippen MR) is 111 cm³/mol. The molecule has 134 valence electrons. The van der Waals surface area contributed by atoms with Crippen LogP contribution in [0.3, 0.4) is 0 Å². The van der Waals surface area contributed by atoms with Gasteiger partial charge < -0.3 is 0 Å². The Hall–Kier alpha value is -2.41. The van der Waals surface area contributed by atoms with E-state index < -0.39 is 0 Å². The molecule has 2 aromatic carbocycles. The Morgan fingerprint density at radius 3 is 1.96 bits per heavy atom. The van der Waals surface area contributed by atoms with Gasteiger partial charge in [-0.2, -0.15) is 0 Å². The van der Waals surface area contributed by atoms with Gasteiger partial charge in [-0.1, -0.05) is 57.2 Å². The van der Waals surface area contributed by atoms with Crippen molar-refractivity contribution >= 4 is 0 Å². The van der Waals surface area contributed by atoms with Gasteiger partial charge in [0.2, 0.25) is 5.69 Å². The molecule has 0 aliphatic carbocycles. The van der Waals surface area contributed by atoms with Crippen molar-refractivity contribution in [1.82, 2.24) is 0 Å². The SMILES string of the molecule is Cc1cc(C)c(-c2cc(C)c(C(C)(C)C)c[n+]2C)cc1-c1ccccc1. The molecule has 3 aromatic rings. The first-order valence-electron chi connectivity index (χ1n) is 9.36. The van der Waals surface area contributed by atoms with Crippen LogP contribution in [0.1, 0.15) is 43.0 Å². The van der Waals surface area contributed by atoms with E-state index in [-0.39, 0.29) is 5.41 Å². The van der Waals surface area contributed by atoms with Crippen LogP contribution in [0.5, 0.6) is 0 Å². The summed E-state index contributed by atoms with van der Waals surface area (Å²) in [6.07, 6.45) is 2.30. The van der Waals surface area contributed by atoms with E-state index in [2.05, 4.69) is 108 Å². The third kappa shape index (κ3) is 3.44. The molecule has 1 heterocycles. The van der Waals surface area contributed by atoms with Crippen LogP contribution in [-0.4, -0.2) is 0 Å². The van der Waals surface area contributed by atoms with Crippen LogP contribution < -0.4 is 4.57 Å². The van der Waals surface area contributed by atoms with E-state index in [9.17, 15) is 0 Å². The summed E-state index contributed by atoms with van der Waals surface area (Å²) < 4.78 is 2.28. The summed E-state index contributed by atoms with van der Waals surface area (Å²) in [7, 11) is 2.16. The summed E-state index contributed by atoms with van der Waals surface area (Å²) in [5, 5.41) is 0. The molecule has 0 N–H and O–H groups in total. The van der Waals surface area contributed by atoms with Crippen LogP contribution in [0.4, 0.5) is 0 Å². The average molecular weight is 345 g/mol. The highest BCUT2D eigenvalue weighted by Crippen LogP contribution is 2.32. The van der Waals surface area contributed by atoms with Crippen LogP contribution >= 0.6 is 0 Å². The van der Waals surface area contributed by atoms with Crippen LogP contribution in [0.25, 0.3) is 22.4 Å². The van der Waals surface area contributed by atoms with E-state index in [0.29, 0.717) is 0 Å². The van der Waals surface area contributed by atoms with Gasteiger partial charge in [-0.05, 0) is 60.1 Å². The average Bonchev–Trinajstić information content (AvgIpc) is 2.57. The quantitative estimate of drug-likeness (QED) is 0.497. The third-order valence-electron chi connectivity index (χ3n) is 5.22. The van der Waals surface area contributed by atoms with Gasteiger partial charge in [0, 0.05) is 17.2 Å². The lowest BCUT2D eigenvalue weighted by Gasteiger charge is -2.21. The normalized spacial score (nSPS) is 11.7. The maximum absolute atomic E-state index is 2.35. The van der Waals surface area contributed by atoms with Crippen molar-refractivity contribution in [1.29, 1.82) is 0 Å². The van der Waals surface area contributed by atoms with E-state index in [4.69, 9.17) is 0 Å². The number of hydrogen-bond acceptors (Lipinski definition) is 0. The van der Waals surface area contributed by atoms with Gasteiger partial charge >= 0.3 is 0 Å². The molecular weight excluding hydrogens is 314 g/mol. The van der Waals surface area contributed by atoms with E-state index in [1.54, 1.807) is 0 Å². The standard InChI is InChI=1S/C25H30N/c1-17-13-18(2)22(15-21(17)20-11-9-8-10-12-20)24-14-19(3)23(16-26(24)7)25(4,5)6/h8-16H,1-7H3/q+1. The first-order valence-corrected chi connectivity index (χ1v) is 9.36. The molecule has 0 aliphatic heterocycles. The molecule has 0 unspecified atom stereocenters. The molecule has 1 nitrogen and oxygen atoms in total. The Labute approximate surface area is 158 Å². The highest BCUT2D eigenvalue weighted by Gasteiger charge is 2.23. The molecular formula is C25H30N+. The van der Waals surface area contributed by atoms with Gasteiger partial charge in [0.15, 0.2) is 6.20 Å². The van der Waals surface area contributed by atoms with Gasteiger partial charge in [-0.25, -0.2) is 4.57 Å². The molecule has 0 aliphatic rings. The lowest BCUT2D eigenvalue weighted by molar-refractivity contribution is -0.661. The van der Waals surface area contributed by atoms with Crippen LogP contribution in [0.2, 0.25) is 0 Å². The van der Waals surface area contributed by atoms with Crippen LogP contribution in [0, 0.1) is 20.8 Å². The second-order valence-corrected chi connectivity index (χ2v) is 8.46. The smallest absolute Gasteiger partial charge is 0.201 e. The first kappa shape index (κ1) is 18.4. The minimum Gasteiger partial charge on any atom is -0.201 e. The Morgan fingerprint density at radius 1 is 0.731 bits per heavy atom. The molecule has 3 rings (SSSR count). The van der Waals surface area contributed by atoms with E-state index >= 15 is 0 Å². The summed E-state index contributed by atoms with van der Waals surface area (Å²) >= 11 is 0. The Morgan fingerprint density at radius 2 is 1.35 bits per heavy atom. The molecule has 0 radical (unpaired) electrons. The molecule has 0 spiro atoms. The Balaban J connectivity index is 2.20. The summed E-state index contributed by atoms with van der Waals surface area (Å²) in [4.78, 5) is 0. The summed E-state index contributed by atoms with van der Waals surface area (Å²) in [5.41, 5.74) is 10.7. The van der Waals surface area contributed by atoms with E-state index in [1.807, 2.05) is 0 Å². The lowest BCUT2D eigenvalue weighted by Crippen LogP contribution is -2.34. The lowest BCUT2D eigenvalue weighted by atomic mass is 9.84. The molecule has 0 saturated carbocycles. The Bertz CT molecular complexity index is 944. The number of nitrogens with zero attached hydrogens (tertiary/aromatic N) is 1. The molecule has 26 heavy (non-hydrogen) atoms. The number of pyridine rings is 1. The van der Waals surface area contributed by atoms with Crippen molar-refractivity contribution in [3.63, 3.8) is 0 Å². The van der Waals surface area contributed by atoms with Crippen molar-refractivity contribution in [2.75, 3.05) is 0 Å². The summed E-state index contributed by atoms with van der Waals surface area (Å²) in [6, 6.07) is 17.7. The fourth-order valence-corrected chi connectivity index (χ4v) is 3.86. The second kappa shape index (κ2) is 6.72. The maximum Gasteiger partial charge on any atom is 0.212 e. The fourth-order valence-electron chi connectivity index (χ4n) is 3.86. The van der Waals surface area contributed by atoms with Crippen LogP contribution in [-0.2, 0) is 12.5 Å². The van der Waals surface area contributed by atoms with Gasteiger partial charge in [0.1, 0.15) is 7.05 Å². The second-order valence-electron chi connectivity index (χ2n) is 8.46. The van der Waals surface area contributed by atoms with Gasteiger partial charge in [0.05, 0.1) is 0 Å². The molecule has 0 fully saturated rings. The highest BCUT2D eigenvalue weighted by atomic mass is 14.9. The number of benzene rings is 2. The largest absolute Gasteiger partial charge is 0.212 e. The zero-order chi connectivity index (χ0) is 19.1. The topological polar surface area (TPSA) is 3.88 Å². The highest BCUT2D eigenvalue weighted by molar-refractivity contribution is 5.75. The molecule has 1 aromatic heterocycles. The molecule has 0 atom stereocenters. The van der Waals surface area contributed by atoms with Crippen molar-refractivity contribution in [2.45, 2.75) is 47.0 Å². The predicted octanol–water partition coefficient (Wildman–Crippen LogP) is 6.07. The van der Waals surface area contributed by atoms with E-state index in [1.165, 1.54) is 44.6 Å². The van der Waals surface area contributed by atoms with Gasteiger partial charge in [-0.3, -0.25) is 0 Å². The number of aryl methyl sites for hydroxylation is 4. The molecule has 0 saturated heterocycles. The summed E-state index contributed by atoms with van der Waals surface area (Å²) in [5.74, 6) is 0. The number of rotatable bonds is 2. The zero-order valence-electron chi connectivity index (χ0n) is 17.1. The minimum atomic E-state index is 0.151. The number of hydrogen-bond donors (Lipinski definition) is 0. The zero-order valence-corrected chi connectivity index (χ0v) is 17.1. The van der Waals surface area contributed by atoms with Crippen molar-refractivity contribution < 1.29 is 4.57 Å². The minimum absolute atomic E-state index is 0.151. The number of aromatic nitrogens is 1. The molecule has 1 heteroatoms.